The molecule has 1 fully saturated rings. The number of amides is 2. The van der Waals surface area contributed by atoms with E-state index in [1.165, 1.54) is 11.8 Å². The first kappa shape index (κ1) is 18.4. The number of hydrogen-bond donors (Lipinski definition) is 1. The molecule has 1 aliphatic heterocycles. The van der Waals surface area contributed by atoms with E-state index in [9.17, 15) is 18.0 Å². The van der Waals surface area contributed by atoms with Gasteiger partial charge in [0.1, 0.15) is 6.54 Å². The van der Waals surface area contributed by atoms with Crippen LogP contribution in [0.5, 0.6) is 0 Å². The van der Waals surface area contributed by atoms with Gasteiger partial charge in [0.2, 0.25) is 11.8 Å². The Morgan fingerprint density at radius 1 is 1.29 bits per heavy atom. The minimum Gasteiger partial charge on any atom is -0.330 e. The second-order valence-electron chi connectivity index (χ2n) is 6.49. The first-order valence-electron chi connectivity index (χ1n) is 8.06. The molecular weight excluding hydrogens is 328 g/mol. The SMILES string of the molecule is CC(=O)N(CC(=O)Nc1ccccc1C(C)C)C1CCS(=O)(=O)C1. The van der Waals surface area contributed by atoms with Gasteiger partial charge in [0.05, 0.1) is 11.5 Å². The summed E-state index contributed by atoms with van der Waals surface area (Å²) >= 11 is 0. The second kappa shape index (κ2) is 7.34. The molecule has 0 aromatic heterocycles. The van der Waals surface area contributed by atoms with Gasteiger partial charge in [-0.25, -0.2) is 8.42 Å². The molecule has 24 heavy (non-hydrogen) atoms. The second-order valence-corrected chi connectivity index (χ2v) is 8.72. The number of nitrogens with one attached hydrogen (secondary N) is 1. The predicted molar refractivity (Wildman–Crippen MR) is 93.6 cm³/mol. The van der Waals surface area contributed by atoms with E-state index < -0.39 is 15.9 Å². The summed E-state index contributed by atoms with van der Waals surface area (Å²) in [4.78, 5) is 25.6. The van der Waals surface area contributed by atoms with Crippen molar-refractivity contribution in [3.63, 3.8) is 0 Å². The molecule has 0 bridgehead atoms. The molecule has 0 aliphatic carbocycles. The lowest BCUT2D eigenvalue weighted by atomic mass is 10.0. The molecule has 1 saturated heterocycles. The first-order chi connectivity index (χ1) is 11.2. The van der Waals surface area contributed by atoms with E-state index in [0.29, 0.717) is 6.42 Å². The molecule has 1 atom stereocenters. The Labute approximate surface area is 143 Å². The van der Waals surface area contributed by atoms with Crippen molar-refractivity contribution in [2.75, 3.05) is 23.4 Å². The lowest BCUT2D eigenvalue weighted by molar-refractivity contribution is -0.134. The lowest BCUT2D eigenvalue weighted by Gasteiger charge is -2.26. The van der Waals surface area contributed by atoms with Gasteiger partial charge in [-0.15, -0.1) is 0 Å². The molecule has 132 valence electrons. The van der Waals surface area contributed by atoms with Crippen LogP contribution in [-0.4, -0.2) is 49.2 Å². The van der Waals surface area contributed by atoms with Gasteiger partial charge < -0.3 is 10.2 Å². The van der Waals surface area contributed by atoms with E-state index in [4.69, 9.17) is 0 Å². The Bertz CT molecular complexity index is 728. The van der Waals surface area contributed by atoms with Crippen LogP contribution in [-0.2, 0) is 19.4 Å². The molecular formula is C17H24N2O4S. The summed E-state index contributed by atoms with van der Waals surface area (Å²) in [5.41, 5.74) is 1.74. The third kappa shape index (κ3) is 4.56. The fourth-order valence-electron chi connectivity index (χ4n) is 2.98. The molecule has 1 aliphatic rings. The van der Waals surface area contributed by atoms with Gasteiger partial charge in [-0.05, 0) is 24.0 Å². The monoisotopic (exact) mass is 352 g/mol. The van der Waals surface area contributed by atoms with Crippen molar-refractivity contribution in [3.05, 3.63) is 29.8 Å². The van der Waals surface area contributed by atoms with E-state index in [0.717, 1.165) is 11.3 Å². The Balaban J connectivity index is 2.08. The maximum Gasteiger partial charge on any atom is 0.244 e. The highest BCUT2D eigenvalue weighted by atomic mass is 32.2. The van der Waals surface area contributed by atoms with Crippen LogP contribution in [0.2, 0.25) is 0 Å². The van der Waals surface area contributed by atoms with Gasteiger partial charge in [-0.3, -0.25) is 9.59 Å². The van der Waals surface area contributed by atoms with Crippen LogP contribution in [0, 0.1) is 0 Å². The summed E-state index contributed by atoms with van der Waals surface area (Å²) in [7, 11) is -3.11. The minimum absolute atomic E-state index is 0.0670. The van der Waals surface area contributed by atoms with Gasteiger partial charge in [0, 0.05) is 18.7 Å². The van der Waals surface area contributed by atoms with Crippen molar-refractivity contribution in [2.24, 2.45) is 0 Å². The Morgan fingerprint density at radius 2 is 1.96 bits per heavy atom. The number of carbonyl (C=O) groups is 2. The fraction of sp³-hybridized carbons (Fsp3) is 0.529. The van der Waals surface area contributed by atoms with Gasteiger partial charge >= 0.3 is 0 Å². The maximum absolute atomic E-state index is 12.4. The van der Waals surface area contributed by atoms with Gasteiger partial charge in [-0.2, -0.15) is 0 Å². The molecule has 1 N–H and O–H groups in total. The van der Waals surface area contributed by atoms with Gasteiger partial charge in [0.15, 0.2) is 9.84 Å². The number of carbonyl (C=O) groups excluding carboxylic acids is 2. The third-order valence-corrected chi connectivity index (χ3v) is 5.97. The summed E-state index contributed by atoms with van der Waals surface area (Å²) in [6, 6.07) is 7.11. The summed E-state index contributed by atoms with van der Waals surface area (Å²) in [5.74, 6) is -0.348. The molecule has 2 amide bonds. The van der Waals surface area contributed by atoms with Crippen molar-refractivity contribution >= 4 is 27.3 Å². The van der Waals surface area contributed by atoms with Crippen LogP contribution >= 0.6 is 0 Å². The van der Waals surface area contributed by atoms with Crippen LogP contribution < -0.4 is 5.32 Å². The van der Waals surface area contributed by atoms with E-state index in [-0.39, 0.29) is 35.8 Å². The van der Waals surface area contributed by atoms with Crippen LogP contribution in [0.4, 0.5) is 5.69 Å². The number of rotatable bonds is 5. The molecule has 6 nitrogen and oxygen atoms in total. The van der Waals surface area contributed by atoms with Crippen molar-refractivity contribution in [1.82, 2.24) is 4.90 Å². The average Bonchev–Trinajstić information content (AvgIpc) is 2.84. The topological polar surface area (TPSA) is 83.6 Å². The standard InChI is InChI=1S/C17H24N2O4S/c1-12(2)15-6-4-5-7-16(15)18-17(21)10-19(13(3)20)14-8-9-24(22,23)11-14/h4-7,12,14H,8-11H2,1-3H3,(H,18,21). The molecule has 1 aromatic rings. The average molecular weight is 352 g/mol. The normalized spacial score (nSPS) is 19.2. The highest BCUT2D eigenvalue weighted by Gasteiger charge is 2.34. The largest absolute Gasteiger partial charge is 0.330 e. The summed E-state index contributed by atoms with van der Waals surface area (Å²) < 4.78 is 23.3. The van der Waals surface area contributed by atoms with Crippen LogP contribution in [0.25, 0.3) is 0 Å². The summed E-state index contributed by atoms with van der Waals surface area (Å²) in [5, 5.41) is 2.84. The molecule has 1 heterocycles. The van der Waals surface area contributed by atoms with Crippen molar-refractivity contribution in [1.29, 1.82) is 0 Å². The van der Waals surface area contributed by atoms with Crippen LogP contribution in [0.15, 0.2) is 24.3 Å². The molecule has 0 saturated carbocycles. The van der Waals surface area contributed by atoms with Gasteiger partial charge in [0.25, 0.3) is 0 Å². The van der Waals surface area contributed by atoms with Gasteiger partial charge in [-0.1, -0.05) is 32.0 Å². The molecule has 2 rings (SSSR count). The Morgan fingerprint density at radius 3 is 2.50 bits per heavy atom. The number of sulfone groups is 1. The molecule has 1 aromatic carbocycles. The highest BCUT2D eigenvalue weighted by Crippen LogP contribution is 2.24. The fourth-order valence-corrected chi connectivity index (χ4v) is 4.71. The zero-order chi connectivity index (χ0) is 17.9. The predicted octanol–water partition coefficient (Wildman–Crippen LogP) is 1.78. The number of para-hydroxylation sites is 1. The molecule has 0 spiro atoms. The van der Waals surface area contributed by atoms with Crippen molar-refractivity contribution in [2.45, 2.75) is 39.2 Å². The molecule has 0 radical (unpaired) electrons. The number of hydrogen-bond acceptors (Lipinski definition) is 4. The number of benzene rings is 1. The minimum atomic E-state index is -3.11. The summed E-state index contributed by atoms with van der Waals surface area (Å²) in [6.45, 7) is 5.30. The van der Waals surface area contributed by atoms with E-state index in [1.54, 1.807) is 0 Å². The molecule has 7 heteroatoms. The number of anilines is 1. The van der Waals surface area contributed by atoms with E-state index in [2.05, 4.69) is 5.32 Å². The number of nitrogens with zero attached hydrogens (tertiary/aromatic N) is 1. The maximum atomic E-state index is 12.4. The van der Waals surface area contributed by atoms with Crippen molar-refractivity contribution < 1.29 is 18.0 Å². The smallest absolute Gasteiger partial charge is 0.244 e. The molecule has 1 unspecified atom stereocenters. The zero-order valence-corrected chi connectivity index (χ0v) is 15.1. The van der Waals surface area contributed by atoms with Crippen molar-refractivity contribution in [3.8, 4) is 0 Å². The highest BCUT2D eigenvalue weighted by molar-refractivity contribution is 7.91. The van der Waals surface area contributed by atoms with Crippen LogP contribution in [0.1, 0.15) is 38.7 Å². The third-order valence-electron chi connectivity index (χ3n) is 4.22. The Hall–Kier alpha value is -1.89. The quantitative estimate of drug-likeness (QED) is 0.875. The zero-order valence-electron chi connectivity index (χ0n) is 14.3. The van der Waals surface area contributed by atoms with Crippen LogP contribution in [0.3, 0.4) is 0 Å². The lowest BCUT2D eigenvalue weighted by Crippen LogP contribution is -2.44. The Kier molecular flexibility index (Phi) is 5.64. The van der Waals surface area contributed by atoms with E-state index in [1.807, 2.05) is 38.1 Å². The first-order valence-corrected chi connectivity index (χ1v) is 9.88. The summed E-state index contributed by atoms with van der Waals surface area (Å²) in [6.07, 6.45) is 0.387. The van der Waals surface area contributed by atoms with E-state index >= 15 is 0 Å².